The summed E-state index contributed by atoms with van der Waals surface area (Å²) < 4.78 is 5.43. The predicted octanol–water partition coefficient (Wildman–Crippen LogP) is 2.43. The summed E-state index contributed by atoms with van der Waals surface area (Å²) in [5.41, 5.74) is 7.03. The van der Waals surface area contributed by atoms with E-state index < -0.39 is 6.10 Å². The number of unbranched alkanes of at least 4 members (excludes halogenated alkanes) is 1. The number of hydrogen-bond acceptors (Lipinski definition) is 3. The van der Waals surface area contributed by atoms with E-state index in [4.69, 9.17) is 10.5 Å². The summed E-state index contributed by atoms with van der Waals surface area (Å²) in [6.07, 6.45) is 1.61. The number of amides is 1. The van der Waals surface area contributed by atoms with Crippen LogP contribution in [0.4, 0.5) is 0 Å². The third kappa shape index (κ3) is 6.89. The Morgan fingerprint density at radius 1 is 1.35 bits per heavy atom. The Labute approximate surface area is 127 Å². The van der Waals surface area contributed by atoms with E-state index >= 15 is 0 Å². The summed E-state index contributed by atoms with van der Waals surface area (Å²) in [7, 11) is 0. The lowest BCUT2D eigenvalue weighted by Crippen LogP contribution is -2.38. The molecule has 0 aliphatic carbocycles. The van der Waals surface area contributed by atoms with Crippen molar-refractivity contribution in [1.82, 2.24) is 5.32 Å². The van der Waals surface area contributed by atoms with E-state index in [-0.39, 0.29) is 24.4 Å². The van der Waals surface area contributed by atoms with Gasteiger partial charge in [-0.25, -0.2) is 0 Å². The highest BCUT2D eigenvalue weighted by Crippen LogP contribution is 2.08. The van der Waals surface area contributed by atoms with Crippen LogP contribution < -0.4 is 11.1 Å². The highest BCUT2D eigenvalue weighted by Gasteiger charge is 2.14. The van der Waals surface area contributed by atoms with Gasteiger partial charge < -0.3 is 15.8 Å². The third-order valence-electron chi connectivity index (χ3n) is 2.96. The monoisotopic (exact) mass is 300 g/mol. The van der Waals surface area contributed by atoms with Crippen molar-refractivity contribution < 1.29 is 9.53 Å². The molecule has 4 nitrogen and oxygen atoms in total. The van der Waals surface area contributed by atoms with Gasteiger partial charge in [0.15, 0.2) is 0 Å². The number of nitrogens with one attached hydrogen (secondary N) is 1. The van der Waals surface area contributed by atoms with Crippen molar-refractivity contribution in [2.75, 3.05) is 13.2 Å². The van der Waals surface area contributed by atoms with Gasteiger partial charge in [0.1, 0.15) is 6.10 Å². The van der Waals surface area contributed by atoms with Crippen molar-refractivity contribution in [2.24, 2.45) is 5.73 Å². The fourth-order valence-corrected chi connectivity index (χ4v) is 1.65. The summed E-state index contributed by atoms with van der Waals surface area (Å²) in [6, 6.07) is 9.54. The molecule has 0 fully saturated rings. The number of carbonyl (C=O) groups is 1. The number of ether oxygens (including phenoxy) is 1. The molecule has 1 aromatic rings. The quantitative estimate of drug-likeness (QED) is 0.725. The molecule has 2 atom stereocenters. The van der Waals surface area contributed by atoms with Crippen LogP contribution in [0.3, 0.4) is 0 Å². The van der Waals surface area contributed by atoms with Gasteiger partial charge in [-0.3, -0.25) is 4.79 Å². The summed E-state index contributed by atoms with van der Waals surface area (Å²) in [4.78, 5) is 11.8. The summed E-state index contributed by atoms with van der Waals surface area (Å²) in [6.45, 7) is 4.90. The number of rotatable bonds is 8. The van der Waals surface area contributed by atoms with Gasteiger partial charge in [-0.1, -0.05) is 43.7 Å². The number of benzene rings is 1. The minimum absolute atomic E-state index is 0. The zero-order chi connectivity index (χ0) is 14.1. The molecular formula is C15H25ClN2O2. The lowest BCUT2D eigenvalue weighted by Gasteiger charge is -2.16. The van der Waals surface area contributed by atoms with E-state index in [2.05, 4.69) is 12.2 Å². The first-order valence-corrected chi connectivity index (χ1v) is 6.85. The second kappa shape index (κ2) is 10.7. The van der Waals surface area contributed by atoms with Gasteiger partial charge in [0.05, 0.1) is 0 Å². The highest BCUT2D eigenvalue weighted by atomic mass is 35.5. The van der Waals surface area contributed by atoms with Crippen LogP contribution in [0.2, 0.25) is 0 Å². The van der Waals surface area contributed by atoms with Crippen LogP contribution in [0.1, 0.15) is 38.3 Å². The van der Waals surface area contributed by atoms with Crippen molar-refractivity contribution in [3.05, 3.63) is 35.9 Å². The van der Waals surface area contributed by atoms with Gasteiger partial charge in [0.25, 0.3) is 0 Å². The molecule has 1 rings (SSSR count). The maximum Gasteiger partial charge on any atom is 0.248 e. The van der Waals surface area contributed by atoms with E-state index in [1.54, 1.807) is 6.92 Å². The number of nitrogens with two attached hydrogens (primary N) is 1. The van der Waals surface area contributed by atoms with Crippen LogP contribution in [-0.2, 0) is 9.53 Å². The first-order valence-electron chi connectivity index (χ1n) is 6.85. The van der Waals surface area contributed by atoms with Gasteiger partial charge in [-0.05, 0) is 18.9 Å². The topological polar surface area (TPSA) is 64.3 Å². The van der Waals surface area contributed by atoms with Crippen LogP contribution in [0, 0.1) is 0 Å². The van der Waals surface area contributed by atoms with Crippen LogP contribution in [-0.4, -0.2) is 25.2 Å². The SMILES string of the molecule is CCCCOC(C)C(=O)NCC(N)c1ccccc1.Cl. The van der Waals surface area contributed by atoms with Gasteiger partial charge >= 0.3 is 0 Å². The van der Waals surface area contributed by atoms with E-state index in [1.165, 1.54) is 0 Å². The Balaban J connectivity index is 0.00000361. The minimum atomic E-state index is -0.422. The Bertz CT molecular complexity index is 373. The lowest BCUT2D eigenvalue weighted by atomic mass is 10.1. The Hall–Kier alpha value is -1.10. The van der Waals surface area contributed by atoms with Crippen LogP contribution in [0.15, 0.2) is 30.3 Å². The Kier molecular flexibility index (Phi) is 10.1. The second-order valence-electron chi connectivity index (χ2n) is 4.63. The molecule has 0 aliphatic heterocycles. The van der Waals surface area contributed by atoms with E-state index in [9.17, 15) is 4.79 Å². The van der Waals surface area contributed by atoms with Crippen molar-refractivity contribution in [1.29, 1.82) is 0 Å². The smallest absolute Gasteiger partial charge is 0.248 e. The molecule has 20 heavy (non-hydrogen) atoms. The maximum absolute atomic E-state index is 11.8. The molecule has 0 bridgehead atoms. The van der Waals surface area contributed by atoms with Crippen molar-refractivity contribution in [3.63, 3.8) is 0 Å². The van der Waals surface area contributed by atoms with Gasteiger partial charge in [0.2, 0.25) is 5.91 Å². The van der Waals surface area contributed by atoms with Crippen molar-refractivity contribution in [2.45, 2.75) is 38.8 Å². The second-order valence-corrected chi connectivity index (χ2v) is 4.63. The Morgan fingerprint density at radius 2 is 2.00 bits per heavy atom. The molecule has 0 spiro atoms. The van der Waals surface area contributed by atoms with Crippen LogP contribution in [0.5, 0.6) is 0 Å². The third-order valence-corrected chi connectivity index (χ3v) is 2.96. The lowest BCUT2D eigenvalue weighted by molar-refractivity contribution is -0.131. The molecule has 1 amide bonds. The fraction of sp³-hybridized carbons (Fsp3) is 0.533. The summed E-state index contributed by atoms with van der Waals surface area (Å²) in [5, 5.41) is 2.82. The Morgan fingerprint density at radius 3 is 2.60 bits per heavy atom. The molecule has 2 unspecified atom stereocenters. The van der Waals surface area contributed by atoms with Gasteiger partial charge in [-0.15, -0.1) is 12.4 Å². The molecule has 0 aliphatic rings. The standard InChI is InChI=1S/C15H24N2O2.ClH/c1-3-4-10-19-12(2)15(18)17-11-14(16)13-8-6-5-7-9-13;/h5-9,12,14H,3-4,10-11,16H2,1-2H3,(H,17,18);1H. The highest BCUT2D eigenvalue weighted by molar-refractivity contribution is 5.85. The van der Waals surface area contributed by atoms with Crippen LogP contribution in [0.25, 0.3) is 0 Å². The molecule has 0 saturated heterocycles. The van der Waals surface area contributed by atoms with Crippen molar-refractivity contribution in [3.8, 4) is 0 Å². The molecule has 0 heterocycles. The van der Waals surface area contributed by atoms with Gasteiger partial charge in [-0.2, -0.15) is 0 Å². The zero-order valence-electron chi connectivity index (χ0n) is 12.2. The fourth-order valence-electron chi connectivity index (χ4n) is 1.65. The molecule has 0 aromatic heterocycles. The number of halogens is 1. The first kappa shape index (κ1) is 18.9. The molecule has 0 radical (unpaired) electrons. The number of carbonyl (C=O) groups excluding carboxylic acids is 1. The normalized spacial score (nSPS) is 13.2. The summed E-state index contributed by atoms with van der Waals surface area (Å²) in [5.74, 6) is -0.109. The zero-order valence-corrected chi connectivity index (χ0v) is 13.0. The molecule has 114 valence electrons. The first-order chi connectivity index (χ1) is 9.15. The molecular weight excluding hydrogens is 276 g/mol. The maximum atomic E-state index is 11.8. The van der Waals surface area contributed by atoms with E-state index in [0.717, 1.165) is 18.4 Å². The molecule has 5 heteroatoms. The minimum Gasteiger partial charge on any atom is -0.369 e. The average molecular weight is 301 g/mol. The van der Waals surface area contributed by atoms with E-state index in [0.29, 0.717) is 13.2 Å². The molecule has 1 aromatic carbocycles. The molecule has 3 N–H and O–H groups in total. The average Bonchev–Trinajstić information content (AvgIpc) is 2.45. The van der Waals surface area contributed by atoms with Crippen LogP contribution >= 0.6 is 12.4 Å². The largest absolute Gasteiger partial charge is 0.369 e. The molecule has 0 saturated carbocycles. The predicted molar refractivity (Wildman–Crippen MR) is 84.0 cm³/mol. The van der Waals surface area contributed by atoms with Gasteiger partial charge in [0, 0.05) is 19.2 Å². The summed E-state index contributed by atoms with van der Waals surface area (Å²) >= 11 is 0. The van der Waals surface area contributed by atoms with Crippen molar-refractivity contribution >= 4 is 18.3 Å². The van der Waals surface area contributed by atoms with E-state index in [1.807, 2.05) is 30.3 Å². The number of hydrogen-bond donors (Lipinski definition) is 2.